The summed E-state index contributed by atoms with van der Waals surface area (Å²) in [5, 5.41) is 11.0. The zero-order valence-electron chi connectivity index (χ0n) is 9.63. The van der Waals surface area contributed by atoms with Gasteiger partial charge in [0.1, 0.15) is 10.0 Å². The summed E-state index contributed by atoms with van der Waals surface area (Å²) in [6.07, 6.45) is 1.36. The number of carbonyl (C=O) groups excluding carboxylic acids is 1. The van der Waals surface area contributed by atoms with Gasteiger partial charge in [-0.05, 0) is 30.8 Å². The second kappa shape index (κ2) is 6.02. The van der Waals surface area contributed by atoms with Gasteiger partial charge in [0.05, 0.1) is 5.56 Å². The summed E-state index contributed by atoms with van der Waals surface area (Å²) in [6.45, 7) is 1.75. The van der Waals surface area contributed by atoms with Crippen molar-refractivity contribution in [2.24, 2.45) is 0 Å². The highest BCUT2D eigenvalue weighted by atomic mass is 32.2. The molecule has 0 fully saturated rings. The maximum Gasteiger partial charge on any atom is 0.290 e. The first kappa shape index (κ1) is 13.8. The summed E-state index contributed by atoms with van der Waals surface area (Å²) < 4.78 is 24.7. The molecule has 0 spiro atoms. The van der Waals surface area contributed by atoms with Crippen molar-refractivity contribution in [2.45, 2.75) is 17.7 Å². The van der Waals surface area contributed by atoms with E-state index in [-0.39, 0.29) is 22.4 Å². The number of nitrogens with one attached hydrogen (secondary N) is 1. The van der Waals surface area contributed by atoms with E-state index in [4.69, 9.17) is 0 Å². The lowest BCUT2D eigenvalue weighted by molar-refractivity contribution is 0.102. The average molecular weight is 302 g/mol. The number of carbonyl (C=O) groups is 1. The minimum atomic E-state index is -2.63. The van der Waals surface area contributed by atoms with Crippen molar-refractivity contribution in [1.82, 2.24) is 15.2 Å². The van der Waals surface area contributed by atoms with Gasteiger partial charge in [-0.25, -0.2) is 4.98 Å². The van der Waals surface area contributed by atoms with Crippen LogP contribution in [0.5, 0.6) is 0 Å². The fourth-order valence-corrected chi connectivity index (χ4v) is 2.42. The van der Waals surface area contributed by atoms with E-state index in [1.807, 2.05) is 0 Å². The first-order chi connectivity index (χ1) is 9.06. The third-order valence-electron chi connectivity index (χ3n) is 1.96. The predicted octanol–water partition coefficient (Wildman–Crippen LogP) is 2.81. The number of nitrogens with zero attached hydrogens (tertiary/aromatic N) is 3. The van der Waals surface area contributed by atoms with Crippen LogP contribution < -0.4 is 5.32 Å². The molecule has 19 heavy (non-hydrogen) atoms. The maximum atomic E-state index is 12.4. The molecule has 0 saturated heterocycles. The first-order valence-electron chi connectivity index (χ1n) is 5.07. The van der Waals surface area contributed by atoms with E-state index >= 15 is 0 Å². The Kier molecular flexibility index (Phi) is 4.38. The highest BCUT2D eigenvalue weighted by Gasteiger charge is 2.17. The second-order valence-corrected chi connectivity index (χ2v) is 5.48. The Morgan fingerprint density at radius 3 is 2.89 bits per heavy atom. The number of alkyl halides is 2. The Labute approximate surface area is 115 Å². The molecule has 0 aliphatic rings. The highest BCUT2D eigenvalue weighted by Crippen LogP contribution is 2.27. The number of pyridine rings is 1. The van der Waals surface area contributed by atoms with Gasteiger partial charge in [0.15, 0.2) is 0 Å². The van der Waals surface area contributed by atoms with Crippen molar-refractivity contribution in [1.29, 1.82) is 0 Å². The Morgan fingerprint density at radius 2 is 2.26 bits per heavy atom. The first-order valence-corrected chi connectivity index (χ1v) is 6.77. The SMILES string of the molecule is Cc1nnc(NC(=O)c2cccnc2SC(F)F)s1. The average Bonchev–Trinajstić information content (AvgIpc) is 2.74. The lowest BCUT2D eigenvalue weighted by Gasteiger charge is -2.06. The van der Waals surface area contributed by atoms with Gasteiger partial charge < -0.3 is 0 Å². The molecule has 1 amide bonds. The van der Waals surface area contributed by atoms with Crippen molar-refractivity contribution in [3.05, 3.63) is 28.9 Å². The van der Waals surface area contributed by atoms with E-state index in [0.717, 1.165) is 0 Å². The van der Waals surface area contributed by atoms with Crippen LogP contribution in [0.2, 0.25) is 0 Å². The topological polar surface area (TPSA) is 67.8 Å². The van der Waals surface area contributed by atoms with Crippen LogP contribution in [0, 0.1) is 6.92 Å². The zero-order chi connectivity index (χ0) is 13.8. The molecular formula is C10H8F2N4OS2. The molecule has 2 rings (SSSR count). The molecule has 0 aliphatic carbocycles. The van der Waals surface area contributed by atoms with Gasteiger partial charge in [-0.3, -0.25) is 10.1 Å². The summed E-state index contributed by atoms with van der Waals surface area (Å²) in [6, 6.07) is 2.94. The Bertz CT molecular complexity index is 590. The van der Waals surface area contributed by atoms with E-state index in [9.17, 15) is 13.6 Å². The number of hydrogen-bond donors (Lipinski definition) is 1. The molecule has 0 bridgehead atoms. The highest BCUT2D eigenvalue weighted by molar-refractivity contribution is 7.99. The number of anilines is 1. The molecular weight excluding hydrogens is 294 g/mol. The molecule has 2 heterocycles. The fourth-order valence-electron chi connectivity index (χ4n) is 1.25. The second-order valence-electron chi connectivity index (χ2n) is 3.31. The van der Waals surface area contributed by atoms with Crippen LogP contribution in [0.4, 0.5) is 13.9 Å². The molecule has 0 radical (unpaired) electrons. The van der Waals surface area contributed by atoms with Gasteiger partial charge in [-0.15, -0.1) is 10.2 Å². The molecule has 100 valence electrons. The number of rotatable bonds is 4. The smallest absolute Gasteiger partial charge is 0.290 e. The predicted molar refractivity (Wildman–Crippen MR) is 68.7 cm³/mol. The number of halogens is 2. The zero-order valence-corrected chi connectivity index (χ0v) is 11.3. The van der Waals surface area contributed by atoms with Crippen LogP contribution >= 0.6 is 23.1 Å². The molecule has 9 heteroatoms. The molecule has 1 N–H and O–H groups in total. The normalized spacial score (nSPS) is 10.7. The standard InChI is InChI=1S/C10H8F2N4OS2/c1-5-15-16-10(18-5)14-7(17)6-3-2-4-13-8(6)19-9(11)12/h2-4,9H,1H3,(H,14,16,17). The van der Waals surface area contributed by atoms with Crippen molar-refractivity contribution in [3.63, 3.8) is 0 Å². The van der Waals surface area contributed by atoms with Gasteiger partial charge in [-0.1, -0.05) is 11.3 Å². The van der Waals surface area contributed by atoms with Crippen LogP contribution in [0.1, 0.15) is 15.4 Å². The third-order valence-corrected chi connectivity index (χ3v) is 3.44. The van der Waals surface area contributed by atoms with Crippen LogP contribution in [0.15, 0.2) is 23.4 Å². The summed E-state index contributed by atoms with van der Waals surface area (Å²) in [7, 11) is 0. The van der Waals surface area contributed by atoms with Crippen LogP contribution in [-0.4, -0.2) is 26.8 Å². The van der Waals surface area contributed by atoms with Gasteiger partial charge in [-0.2, -0.15) is 8.78 Å². The number of aromatic nitrogens is 3. The summed E-state index contributed by atoms with van der Waals surface area (Å²) >= 11 is 1.43. The van der Waals surface area contributed by atoms with Gasteiger partial charge in [0.2, 0.25) is 5.13 Å². The van der Waals surface area contributed by atoms with E-state index in [0.29, 0.717) is 10.1 Å². The number of amides is 1. The van der Waals surface area contributed by atoms with Crippen LogP contribution in [0.25, 0.3) is 0 Å². The van der Waals surface area contributed by atoms with Gasteiger partial charge in [0, 0.05) is 6.20 Å². The van der Waals surface area contributed by atoms with E-state index in [1.54, 1.807) is 6.92 Å². The Hall–Kier alpha value is -1.61. The molecule has 0 aromatic carbocycles. The van der Waals surface area contributed by atoms with Gasteiger partial charge in [0.25, 0.3) is 11.7 Å². The van der Waals surface area contributed by atoms with E-state index in [1.165, 1.54) is 29.7 Å². The number of thioether (sulfide) groups is 1. The molecule has 2 aromatic heterocycles. The Morgan fingerprint density at radius 1 is 1.47 bits per heavy atom. The quantitative estimate of drug-likeness (QED) is 0.880. The minimum absolute atomic E-state index is 0.0174. The Balaban J connectivity index is 2.18. The lowest BCUT2D eigenvalue weighted by atomic mass is 10.3. The monoisotopic (exact) mass is 302 g/mol. The van der Waals surface area contributed by atoms with Crippen molar-refractivity contribution in [2.75, 3.05) is 5.32 Å². The summed E-state index contributed by atoms with van der Waals surface area (Å²) in [5.41, 5.74) is 0.0839. The van der Waals surface area contributed by atoms with E-state index < -0.39 is 11.7 Å². The third kappa shape index (κ3) is 3.67. The van der Waals surface area contributed by atoms with Crippen LogP contribution in [0.3, 0.4) is 0 Å². The fraction of sp³-hybridized carbons (Fsp3) is 0.200. The molecule has 5 nitrogen and oxygen atoms in total. The molecule has 2 aromatic rings. The van der Waals surface area contributed by atoms with Crippen molar-refractivity contribution < 1.29 is 13.6 Å². The minimum Gasteiger partial charge on any atom is -0.296 e. The lowest BCUT2D eigenvalue weighted by Crippen LogP contribution is -2.13. The summed E-state index contributed by atoms with van der Waals surface area (Å²) in [5.74, 6) is -3.17. The van der Waals surface area contributed by atoms with Crippen molar-refractivity contribution >= 4 is 34.1 Å². The largest absolute Gasteiger partial charge is 0.296 e. The number of hydrogen-bond acceptors (Lipinski definition) is 6. The van der Waals surface area contributed by atoms with Gasteiger partial charge >= 0.3 is 0 Å². The molecule has 0 aliphatic heterocycles. The maximum absolute atomic E-state index is 12.4. The van der Waals surface area contributed by atoms with Crippen LogP contribution in [-0.2, 0) is 0 Å². The molecule has 0 atom stereocenters. The molecule has 0 saturated carbocycles. The van der Waals surface area contributed by atoms with E-state index in [2.05, 4.69) is 20.5 Å². The van der Waals surface area contributed by atoms with Crippen molar-refractivity contribution in [3.8, 4) is 0 Å². The molecule has 0 unspecified atom stereocenters. The number of aryl methyl sites for hydroxylation is 1. The summed E-state index contributed by atoms with van der Waals surface area (Å²) in [4.78, 5) is 15.7.